The van der Waals surface area contributed by atoms with Gasteiger partial charge in [-0.15, -0.1) is 0 Å². The van der Waals surface area contributed by atoms with Crippen LogP contribution in [0.2, 0.25) is 0 Å². The molecule has 0 atom stereocenters. The van der Waals surface area contributed by atoms with E-state index in [1.165, 1.54) is 5.32 Å². The molecule has 0 aromatic rings. The number of hydrogen-bond acceptors (Lipinski definition) is 2. The Hall–Kier alpha value is -0.430. The molecule has 0 aliphatic heterocycles. The molecule has 11 heavy (non-hydrogen) atoms. The first kappa shape index (κ1) is 10.6. The van der Waals surface area contributed by atoms with E-state index in [2.05, 4.69) is 0 Å². The lowest BCUT2D eigenvalue weighted by Crippen LogP contribution is -2.45. The van der Waals surface area contributed by atoms with E-state index < -0.39 is 25.4 Å². The molecule has 0 amide bonds. The summed E-state index contributed by atoms with van der Waals surface area (Å²) in [5.41, 5.74) is 0. The number of alkyl halides is 5. The molecule has 0 heterocycles. The summed E-state index contributed by atoms with van der Waals surface area (Å²) in [4.78, 5) is 0. The minimum absolute atomic E-state index is 0.911. The molecule has 0 aromatic carbocycles. The molecule has 7 heteroatoms. The Bertz CT molecular complexity index is 122. The topological polar surface area (TPSA) is 32.3 Å². The summed E-state index contributed by atoms with van der Waals surface area (Å²) in [6.45, 7) is -2.52. The second kappa shape index (κ2) is 3.31. The zero-order valence-electron chi connectivity index (χ0n) is 5.25. The molecule has 0 aromatic heterocycles. The van der Waals surface area contributed by atoms with Crippen molar-refractivity contribution < 1.29 is 27.1 Å². The molecule has 0 aliphatic carbocycles. The van der Waals surface area contributed by atoms with Gasteiger partial charge >= 0.3 is 12.1 Å². The van der Waals surface area contributed by atoms with E-state index >= 15 is 0 Å². The second-order valence-corrected chi connectivity index (χ2v) is 1.79. The fourth-order valence-electron chi connectivity index (χ4n) is 0.313. The third kappa shape index (κ3) is 2.98. The monoisotopic (exact) mass is 179 g/mol. The lowest BCUT2D eigenvalue weighted by Gasteiger charge is -2.18. The van der Waals surface area contributed by atoms with Crippen LogP contribution in [0.3, 0.4) is 0 Å². The van der Waals surface area contributed by atoms with Crippen molar-refractivity contribution in [3.05, 3.63) is 0 Å². The van der Waals surface area contributed by atoms with Crippen LogP contribution in [-0.4, -0.2) is 30.5 Å². The standard InChI is InChI=1S/C4H6F5NO/c5-3(6,1-10-2-11)4(7,8)9/h10-11H,1-2H2. The Labute approximate surface area is 59.0 Å². The highest BCUT2D eigenvalue weighted by Gasteiger charge is 2.56. The van der Waals surface area contributed by atoms with Crippen molar-refractivity contribution in [2.75, 3.05) is 13.3 Å². The first-order chi connectivity index (χ1) is 4.81. The predicted octanol–water partition coefficient (Wildman–Crippen LogP) is 0.723. The van der Waals surface area contributed by atoms with Crippen molar-refractivity contribution in [2.45, 2.75) is 12.1 Å². The Morgan fingerprint density at radius 1 is 1.09 bits per heavy atom. The van der Waals surface area contributed by atoms with Crippen LogP contribution < -0.4 is 5.32 Å². The highest BCUT2D eigenvalue weighted by molar-refractivity contribution is 4.77. The number of rotatable bonds is 3. The summed E-state index contributed by atoms with van der Waals surface area (Å²) in [6.07, 6.45) is -5.56. The van der Waals surface area contributed by atoms with Gasteiger partial charge in [0.2, 0.25) is 0 Å². The van der Waals surface area contributed by atoms with E-state index in [-0.39, 0.29) is 0 Å². The molecular formula is C4H6F5NO. The van der Waals surface area contributed by atoms with Crippen LogP contribution >= 0.6 is 0 Å². The minimum atomic E-state index is -5.56. The van der Waals surface area contributed by atoms with Crippen LogP contribution in [0.1, 0.15) is 0 Å². The van der Waals surface area contributed by atoms with Gasteiger partial charge in [-0.25, -0.2) is 0 Å². The SMILES string of the molecule is OCNCC(F)(F)C(F)(F)F. The molecule has 0 spiro atoms. The summed E-state index contributed by atoms with van der Waals surface area (Å²) in [7, 11) is 0. The summed E-state index contributed by atoms with van der Waals surface area (Å²) in [5, 5.41) is 9.36. The molecule has 0 rings (SSSR count). The van der Waals surface area contributed by atoms with Gasteiger partial charge in [-0.1, -0.05) is 0 Å². The summed E-state index contributed by atoms with van der Waals surface area (Å²) in [6, 6.07) is 0. The van der Waals surface area contributed by atoms with Crippen LogP contribution in [-0.2, 0) is 0 Å². The van der Waals surface area contributed by atoms with E-state index in [0.717, 1.165) is 0 Å². The Balaban J connectivity index is 4.00. The van der Waals surface area contributed by atoms with Gasteiger partial charge < -0.3 is 5.11 Å². The predicted molar refractivity (Wildman–Crippen MR) is 26.1 cm³/mol. The second-order valence-electron chi connectivity index (χ2n) is 1.79. The summed E-state index contributed by atoms with van der Waals surface area (Å²) >= 11 is 0. The molecule has 2 N–H and O–H groups in total. The van der Waals surface area contributed by atoms with Gasteiger partial charge in [0.15, 0.2) is 0 Å². The third-order valence-electron chi connectivity index (χ3n) is 0.874. The maximum Gasteiger partial charge on any atom is 0.454 e. The zero-order valence-corrected chi connectivity index (χ0v) is 5.25. The molecule has 0 radical (unpaired) electrons. The van der Waals surface area contributed by atoms with E-state index in [1.807, 2.05) is 0 Å². The van der Waals surface area contributed by atoms with Crippen molar-refractivity contribution in [1.29, 1.82) is 0 Å². The molecule has 0 unspecified atom stereocenters. The van der Waals surface area contributed by atoms with E-state index in [0.29, 0.717) is 0 Å². The van der Waals surface area contributed by atoms with Crippen LogP contribution in [0.25, 0.3) is 0 Å². The van der Waals surface area contributed by atoms with Gasteiger partial charge in [0.25, 0.3) is 0 Å². The number of aliphatic hydroxyl groups is 1. The Morgan fingerprint density at radius 2 is 1.55 bits per heavy atom. The lowest BCUT2D eigenvalue weighted by atomic mass is 10.3. The lowest BCUT2D eigenvalue weighted by molar-refractivity contribution is -0.279. The maximum atomic E-state index is 11.8. The normalized spacial score (nSPS) is 13.6. The Morgan fingerprint density at radius 3 is 1.82 bits per heavy atom. The maximum absolute atomic E-state index is 11.8. The molecule has 0 saturated heterocycles. The quantitative estimate of drug-likeness (QED) is 0.494. The van der Waals surface area contributed by atoms with Gasteiger partial charge in [-0.2, -0.15) is 22.0 Å². The van der Waals surface area contributed by atoms with Crippen molar-refractivity contribution >= 4 is 0 Å². The van der Waals surface area contributed by atoms with Crippen LogP contribution in [0.4, 0.5) is 22.0 Å². The zero-order chi connectivity index (χ0) is 9.12. The van der Waals surface area contributed by atoms with Crippen molar-refractivity contribution in [2.24, 2.45) is 0 Å². The fourth-order valence-corrected chi connectivity index (χ4v) is 0.313. The average molecular weight is 179 g/mol. The van der Waals surface area contributed by atoms with Crippen LogP contribution in [0.5, 0.6) is 0 Å². The average Bonchev–Trinajstić information content (AvgIpc) is 1.81. The number of aliphatic hydroxyl groups excluding tert-OH is 1. The molecule has 0 fully saturated rings. The summed E-state index contributed by atoms with van der Waals surface area (Å²) in [5.74, 6) is -4.78. The van der Waals surface area contributed by atoms with Crippen molar-refractivity contribution in [3.8, 4) is 0 Å². The number of hydrogen-bond donors (Lipinski definition) is 2. The van der Waals surface area contributed by atoms with Crippen molar-refractivity contribution in [1.82, 2.24) is 5.32 Å². The van der Waals surface area contributed by atoms with E-state index in [9.17, 15) is 22.0 Å². The van der Waals surface area contributed by atoms with Gasteiger partial charge in [0, 0.05) is 0 Å². The highest BCUT2D eigenvalue weighted by Crippen LogP contribution is 2.34. The summed E-state index contributed by atoms with van der Waals surface area (Å²) < 4.78 is 57.5. The molecule has 0 aliphatic rings. The highest BCUT2D eigenvalue weighted by atomic mass is 19.4. The van der Waals surface area contributed by atoms with E-state index in [4.69, 9.17) is 5.11 Å². The molecular weight excluding hydrogens is 173 g/mol. The van der Waals surface area contributed by atoms with Gasteiger partial charge in [-0.3, -0.25) is 5.32 Å². The number of halogens is 5. The molecule has 0 bridgehead atoms. The first-order valence-electron chi connectivity index (χ1n) is 2.57. The fraction of sp³-hybridized carbons (Fsp3) is 1.00. The van der Waals surface area contributed by atoms with Crippen molar-refractivity contribution in [3.63, 3.8) is 0 Å². The minimum Gasteiger partial charge on any atom is -0.381 e. The van der Waals surface area contributed by atoms with Gasteiger partial charge in [-0.05, 0) is 0 Å². The largest absolute Gasteiger partial charge is 0.454 e. The van der Waals surface area contributed by atoms with Crippen LogP contribution in [0.15, 0.2) is 0 Å². The Kier molecular flexibility index (Phi) is 3.18. The molecule has 0 saturated carbocycles. The molecule has 2 nitrogen and oxygen atoms in total. The van der Waals surface area contributed by atoms with Crippen LogP contribution in [0, 0.1) is 0 Å². The van der Waals surface area contributed by atoms with Gasteiger partial charge in [0.1, 0.15) is 0 Å². The smallest absolute Gasteiger partial charge is 0.381 e. The molecule has 68 valence electrons. The van der Waals surface area contributed by atoms with Gasteiger partial charge in [0.05, 0.1) is 13.3 Å². The first-order valence-corrected chi connectivity index (χ1v) is 2.57. The number of nitrogens with one attached hydrogen (secondary N) is 1. The third-order valence-corrected chi connectivity index (χ3v) is 0.874. The van der Waals surface area contributed by atoms with E-state index in [1.54, 1.807) is 0 Å².